The van der Waals surface area contributed by atoms with Gasteiger partial charge in [0.1, 0.15) is 11.4 Å². The maximum Gasteiger partial charge on any atom is 0.256 e. The lowest BCUT2D eigenvalue weighted by molar-refractivity contribution is 0.0949. The van der Waals surface area contributed by atoms with Gasteiger partial charge in [0.15, 0.2) is 5.82 Å². The second-order valence-corrected chi connectivity index (χ2v) is 7.30. The van der Waals surface area contributed by atoms with Crippen LogP contribution in [0, 0.1) is 12.8 Å². The van der Waals surface area contributed by atoms with E-state index in [1.54, 1.807) is 6.20 Å². The number of para-hydroxylation sites is 1. The predicted molar refractivity (Wildman–Crippen MR) is 114 cm³/mol. The van der Waals surface area contributed by atoms with Crippen LogP contribution < -0.4 is 10.2 Å². The van der Waals surface area contributed by atoms with Crippen molar-refractivity contribution in [1.29, 1.82) is 0 Å². The molecule has 0 aliphatic carbocycles. The van der Waals surface area contributed by atoms with Crippen LogP contribution in [0.15, 0.2) is 60.8 Å². The van der Waals surface area contributed by atoms with Crippen LogP contribution >= 0.6 is 0 Å². The number of amides is 1. The fraction of sp³-hybridized carbons (Fsp3) is 0.261. The normalized spacial score (nSPS) is 10.8. The van der Waals surface area contributed by atoms with Crippen molar-refractivity contribution < 1.29 is 4.79 Å². The Morgan fingerprint density at radius 2 is 1.86 bits per heavy atom. The van der Waals surface area contributed by atoms with Crippen LogP contribution in [0.2, 0.25) is 0 Å². The summed E-state index contributed by atoms with van der Waals surface area (Å²) >= 11 is 0. The van der Waals surface area contributed by atoms with Gasteiger partial charge in [-0.1, -0.05) is 55.8 Å². The van der Waals surface area contributed by atoms with Crippen molar-refractivity contribution in [1.82, 2.24) is 15.3 Å². The maximum absolute atomic E-state index is 12.8. The Labute approximate surface area is 166 Å². The lowest BCUT2D eigenvalue weighted by Gasteiger charge is -2.22. The Kier molecular flexibility index (Phi) is 6.04. The van der Waals surface area contributed by atoms with Crippen LogP contribution in [0.1, 0.15) is 29.8 Å². The van der Waals surface area contributed by atoms with E-state index < -0.39 is 0 Å². The molecule has 0 aliphatic heterocycles. The Bertz CT molecular complexity index is 954. The molecule has 0 saturated heterocycles. The molecule has 0 fully saturated rings. The van der Waals surface area contributed by atoms with E-state index in [4.69, 9.17) is 4.98 Å². The number of anilines is 2. The van der Waals surface area contributed by atoms with E-state index in [2.05, 4.69) is 24.1 Å². The van der Waals surface area contributed by atoms with Crippen molar-refractivity contribution in [2.24, 2.45) is 5.92 Å². The summed E-state index contributed by atoms with van der Waals surface area (Å²) < 4.78 is 0. The zero-order valence-electron chi connectivity index (χ0n) is 16.8. The first-order valence-electron chi connectivity index (χ1n) is 9.46. The third-order valence-corrected chi connectivity index (χ3v) is 4.42. The van der Waals surface area contributed by atoms with Crippen LogP contribution in [-0.4, -0.2) is 29.5 Å². The highest BCUT2D eigenvalue weighted by Gasteiger charge is 2.19. The molecule has 5 heteroatoms. The largest absolute Gasteiger partial charge is 0.352 e. The molecule has 1 N–H and O–H groups in total. The number of nitrogens with one attached hydrogen (secondary N) is 1. The smallest absolute Gasteiger partial charge is 0.256 e. The van der Waals surface area contributed by atoms with Crippen molar-refractivity contribution in [3.05, 3.63) is 71.9 Å². The Morgan fingerprint density at radius 3 is 2.54 bits per heavy atom. The topological polar surface area (TPSA) is 58.1 Å². The van der Waals surface area contributed by atoms with Crippen LogP contribution in [0.3, 0.4) is 0 Å². The zero-order chi connectivity index (χ0) is 20.1. The molecule has 0 bridgehead atoms. The van der Waals surface area contributed by atoms with Gasteiger partial charge in [0.2, 0.25) is 0 Å². The van der Waals surface area contributed by atoms with Gasteiger partial charge in [0.25, 0.3) is 5.91 Å². The fourth-order valence-corrected chi connectivity index (χ4v) is 2.88. The average molecular weight is 374 g/mol. The number of hydrogen-bond acceptors (Lipinski definition) is 4. The maximum atomic E-state index is 12.8. The number of hydrogen-bond donors (Lipinski definition) is 1. The number of rotatable bonds is 6. The summed E-state index contributed by atoms with van der Waals surface area (Å²) in [7, 11) is 1.91. The van der Waals surface area contributed by atoms with Gasteiger partial charge in [0, 0.05) is 31.0 Å². The van der Waals surface area contributed by atoms with Gasteiger partial charge >= 0.3 is 0 Å². The Balaban J connectivity index is 2.05. The molecule has 5 nitrogen and oxygen atoms in total. The van der Waals surface area contributed by atoms with Gasteiger partial charge in [-0.05, 0) is 31.0 Å². The molecule has 0 atom stereocenters. The van der Waals surface area contributed by atoms with Crippen molar-refractivity contribution >= 4 is 17.4 Å². The summed E-state index contributed by atoms with van der Waals surface area (Å²) in [6.07, 6.45) is 1.62. The zero-order valence-corrected chi connectivity index (χ0v) is 16.8. The van der Waals surface area contributed by atoms with Crippen LogP contribution in [-0.2, 0) is 0 Å². The minimum absolute atomic E-state index is 0.165. The summed E-state index contributed by atoms with van der Waals surface area (Å²) in [5.74, 6) is 1.38. The van der Waals surface area contributed by atoms with E-state index in [-0.39, 0.29) is 5.91 Å². The van der Waals surface area contributed by atoms with Gasteiger partial charge in [0.05, 0.1) is 0 Å². The molecule has 0 aliphatic rings. The summed E-state index contributed by atoms with van der Waals surface area (Å²) in [6, 6.07) is 17.9. The lowest BCUT2D eigenvalue weighted by Crippen LogP contribution is -2.29. The Morgan fingerprint density at radius 1 is 1.11 bits per heavy atom. The molecule has 0 spiro atoms. The van der Waals surface area contributed by atoms with Crippen LogP contribution in [0.5, 0.6) is 0 Å². The van der Waals surface area contributed by atoms with E-state index in [1.807, 2.05) is 73.5 Å². The molecular weight excluding hydrogens is 348 g/mol. The molecule has 0 unspecified atom stereocenters. The molecule has 2 aromatic carbocycles. The summed E-state index contributed by atoms with van der Waals surface area (Å²) in [6.45, 7) is 6.77. The van der Waals surface area contributed by atoms with Gasteiger partial charge in [-0.3, -0.25) is 4.79 Å². The third-order valence-electron chi connectivity index (χ3n) is 4.42. The quantitative estimate of drug-likeness (QED) is 0.685. The van der Waals surface area contributed by atoms with Crippen LogP contribution in [0.25, 0.3) is 11.4 Å². The third kappa shape index (κ3) is 4.55. The molecule has 1 heterocycles. The second kappa shape index (κ2) is 8.65. The van der Waals surface area contributed by atoms with E-state index in [9.17, 15) is 4.79 Å². The van der Waals surface area contributed by atoms with Gasteiger partial charge in [-0.25, -0.2) is 9.97 Å². The van der Waals surface area contributed by atoms with Gasteiger partial charge < -0.3 is 10.2 Å². The Hall–Kier alpha value is -3.21. The first-order valence-corrected chi connectivity index (χ1v) is 9.46. The SMILES string of the molecule is Cc1cccc(-c2ncc(C(=O)NCC(C)C)c(N(C)c3ccccc3)n2)c1. The van der Waals surface area contributed by atoms with Gasteiger partial charge in [-0.15, -0.1) is 0 Å². The van der Waals surface area contributed by atoms with Crippen molar-refractivity contribution in [2.45, 2.75) is 20.8 Å². The predicted octanol–water partition coefficient (Wildman–Crippen LogP) is 4.61. The highest BCUT2D eigenvalue weighted by atomic mass is 16.1. The monoisotopic (exact) mass is 374 g/mol. The summed E-state index contributed by atoms with van der Waals surface area (Å²) in [5.41, 5.74) is 3.48. The van der Waals surface area contributed by atoms with Crippen molar-refractivity contribution in [2.75, 3.05) is 18.5 Å². The molecule has 3 aromatic rings. The second-order valence-electron chi connectivity index (χ2n) is 7.30. The molecule has 28 heavy (non-hydrogen) atoms. The first-order chi connectivity index (χ1) is 13.5. The van der Waals surface area contributed by atoms with E-state index in [1.165, 1.54) is 0 Å². The molecule has 0 radical (unpaired) electrons. The lowest BCUT2D eigenvalue weighted by atomic mass is 10.1. The minimum Gasteiger partial charge on any atom is -0.352 e. The minimum atomic E-state index is -0.165. The van der Waals surface area contributed by atoms with Gasteiger partial charge in [-0.2, -0.15) is 0 Å². The van der Waals surface area contributed by atoms with Crippen LogP contribution in [0.4, 0.5) is 11.5 Å². The van der Waals surface area contributed by atoms with Crippen molar-refractivity contribution in [3.63, 3.8) is 0 Å². The molecular formula is C23H26N4O. The number of aryl methyl sites for hydroxylation is 1. The molecule has 0 saturated carbocycles. The van der Waals surface area contributed by atoms with Crippen molar-refractivity contribution in [3.8, 4) is 11.4 Å². The fourth-order valence-electron chi connectivity index (χ4n) is 2.88. The number of carbonyl (C=O) groups excluding carboxylic acids is 1. The number of aromatic nitrogens is 2. The van der Waals surface area contributed by atoms with E-state index >= 15 is 0 Å². The summed E-state index contributed by atoms with van der Waals surface area (Å²) in [5, 5.41) is 2.97. The first kappa shape index (κ1) is 19.5. The number of carbonyl (C=O) groups is 1. The number of nitrogens with zero attached hydrogens (tertiary/aromatic N) is 3. The highest BCUT2D eigenvalue weighted by molar-refractivity contribution is 5.99. The standard InChI is InChI=1S/C23H26N4O/c1-16(2)14-25-23(28)20-15-24-21(18-10-8-9-17(3)13-18)26-22(20)27(4)19-11-6-5-7-12-19/h5-13,15-16H,14H2,1-4H3,(H,25,28). The molecule has 1 amide bonds. The summed E-state index contributed by atoms with van der Waals surface area (Å²) in [4.78, 5) is 24.0. The average Bonchev–Trinajstić information content (AvgIpc) is 2.71. The number of benzene rings is 2. The molecule has 1 aromatic heterocycles. The van der Waals surface area contributed by atoms with E-state index in [0.717, 1.165) is 16.8 Å². The molecule has 144 valence electrons. The molecule has 3 rings (SSSR count). The highest BCUT2D eigenvalue weighted by Crippen LogP contribution is 2.27. The van der Waals surface area contributed by atoms with E-state index in [0.29, 0.717) is 29.7 Å².